The molecule has 0 radical (unpaired) electrons. The minimum Gasteiger partial charge on any atom is -0.497 e. The summed E-state index contributed by atoms with van der Waals surface area (Å²) >= 11 is 1.38. The van der Waals surface area contributed by atoms with E-state index >= 15 is 0 Å². The van der Waals surface area contributed by atoms with Crippen molar-refractivity contribution >= 4 is 45.3 Å². The summed E-state index contributed by atoms with van der Waals surface area (Å²) in [5.41, 5.74) is 3.32. The lowest BCUT2D eigenvalue weighted by Gasteiger charge is -2.12. The van der Waals surface area contributed by atoms with Gasteiger partial charge in [0, 0.05) is 17.6 Å². The van der Waals surface area contributed by atoms with E-state index in [4.69, 9.17) is 4.74 Å². The third-order valence-electron chi connectivity index (χ3n) is 4.23. The number of carbonyl (C=O) groups excluding carboxylic acids is 1. The predicted octanol–water partition coefficient (Wildman–Crippen LogP) is 4.24. The third-order valence-corrected chi connectivity index (χ3v) is 5.21. The standard InChI is InChI=1S/C20H18N4O2S/c1-12(27-20-23-17-9-8-13(26-2)11-18(17)24-20)19(25)22-16-7-3-6-15-14(16)5-4-10-21-15/h3-12H,1-2H3,(H,22,25)(H,23,24). The van der Waals surface area contributed by atoms with Crippen LogP contribution in [0.5, 0.6) is 5.75 Å². The second kappa shape index (κ2) is 7.28. The van der Waals surface area contributed by atoms with Crippen molar-refractivity contribution in [1.29, 1.82) is 0 Å². The van der Waals surface area contributed by atoms with E-state index in [0.29, 0.717) is 5.16 Å². The summed E-state index contributed by atoms with van der Waals surface area (Å²) in [4.78, 5) is 24.7. The number of aromatic nitrogens is 3. The molecular formula is C20H18N4O2S. The molecule has 136 valence electrons. The Labute approximate surface area is 160 Å². The number of H-pyrrole nitrogens is 1. The Hall–Kier alpha value is -3.06. The molecular weight excluding hydrogens is 360 g/mol. The Morgan fingerprint density at radius 1 is 1.19 bits per heavy atom. The van der Waals surface area contributed by atoms with E-state index in [1.165, 1.54) is 11.8 Å². The van der Waals surface area contributed by atoms with Crippen LogP contribution in [0.15, 0.2) is 59.9 Å². The molecule has 0 fully saturated rings. The van der Waals surface area contributed by atoms with Crippen molar-refractivity contribution in [2.75, 3.05) is 12.4 Å². The van der Waals surface area contributed by atoms with Gasteiger partial charge < -0.3 is 15.0 Å². The van der Waals surface area contributed by atoms with Gasteiger partial charge in [0.1, 0.15) is 5.75 Å². The van der Waals surface area contributed by atoms with Crippen LogP contribution in [0, 0.1) is 0 Å². The fraction of sp³-hybridized carbons (Fsp3) is 0.150. The fourth-order valence-corrected chi connectivity index (χ4v) is 3.64. The van der Waals surface area contributed by atoms with Gasteiger partial charge >= 0.3 is 0 Å². The average molecular weight is 378 g/mol. The number of imidazole rings is 1. The zero-order valence-electron chi connectivity index (χ0n) is 14.9. The lowest BCUT2D eigenvalue weighted by atomic mass is 10.2. The number of rotatable bonds is 5. The molecule has 2 aromatic carbocycles. The smallest absolute Gasteiger partial charge is 0.237 e. The molecule has 0 aliphatic heterocycles. The number of thioether (sulfide) groups is 1. The van der Waals surface area contributed by atoms with Crippen LogP contribution in [-0.2, 0) is 4.79 Å². The number of fused-ring (bicyclic) bond motifs is 2. The average Bonchev–Trinajstić information content (AvgIpc) is 3.09. The van der Waals surface area contributed by atoms with E-state index < -0.39 is 0 Å². The summed E-state index contributed by atoms with van der Waals surface area (Å²) in [6.07, 6.45) is 1.74. The van der Waals surface area contributed by atoms with Crippen LogP contribution in [0.1, 0.15) is 6.92 Å². The monoisotopic (exact) mass is 378 g/mol. The molecule has 1 unspecified atom stereocenters. The van der Waals surface area contributed by atoms with Gasteiger partial charge in [-0.15, -0.1) is 0 Å². The maximum absolute atomic E-state index is 12.7. The van der Waals surface area contributed by atoms with Crippen LogP contribution in [0.4, 0.5) is 5.69 Å². The molecule has 1 atom stereocenters. The number of benzene rings is 2. The lowest BCUT2D eigenvalue weighted by molar-refractivity contribution is -0.115. The number of aromatic amines is 1. The van der Waals surface area contributed by atoms with Gasteiger partial charge in [0.2, 0.25) is 5.91 Å². The molecule has 2 aromatic heterocycles. The lowest BCUT2D eigenvalue weighted by Crippen LogP contribution is -2.22. The van der Waals surface area contributed by atoms with Gasteiger partial charge in [0.05, 0.1) is 34.6 Å². The highest BCUT2D eigenvalue weighted by molar-refractivity contribution is 8.00. The molecule has 2 heterocycles. The van der Waals surface area contributed by atoms with E-state index in [9.17, 15) is 4.79 Å². The van der Waals surface area contributed by atoms with Crippen LogP contribution in [-0.4, -0.2) is 33.2 Å². The Balaban J connectivity index is 1.50. The zero-order valence-corrected chi connectivity index (χ0v) is 15.7. The molecule has 7 heteroatoms. The van der Waals surface area contributed by atoms with E-state index in [1.807, 2.05) is 55.5 Å². The zero-order chi connectivity index (χ0) is 18.8. The Bertz CT molecular complexity index is 1120. The Morgan fingerprint density at radius 3 is 2.93 bits per heavy atom. The number of nitrogens with one attached hydrogen (secondary N) is 2. The SMILES string of the molecule is COc1ccc2nc(SC(C)C(=O)Nc3cccc4ncccc34)[nH]c2c1. The fourth-order valence-electron chi connectivity index (χ4n) is 2.82. The third kappa shape index (κ3) is 3.59. The summed E-state index contributed by atoms with van der Waals surface area (Å²) in [7, 11) is 1.63. The normalized spacial score (nSPS) is 12.2. The second-order valence-corrected chi connectivity index (χ2v) is 7.38. The predicted molar refractivity (Wildman–Crippen MR) is 108 cm³/mol. The van der Waals surface area contributed by atoms with Crippen molar-refractivity contribution in [3.05, 3.63) is 54.7 Å². The van der Waals surface area contributed by atoms with E-state index in [0.717, 1.165) is 33.4 Å². The first-order valence-corrected chi connectivity index (χ1v) is 9.37. The first-order chi connectivity index (χ1) is 13.1. The summed E-state index contributed by atoms with van der Waals surface area (Å²) in [6, 6.07) is 15.1. The number of nitrogens with zero attached hydrogens (tertiary/aromatic N) is 2. The first kappa shape index (κ1) is 17.4. The molecule has 2 N–H and O–H groups in total. The van der Waals surface area contributed by atoms with E-state index in [2.05, 4.69) is 20.3 Å². The van der Waals surface area contributed by atoms with Crippen LogP contribution < -0.4 is 10.1 Å². The molecule has 4 aromatic rings. The van der Waals surface area contributed by atoms with E-state index in [-0.39, 0.29) is 11.2 Å². The summed E-state index contributed by atoms with van der Waals surface area (Å²) in [6.45, 7) is 1.86. The highest BCUT2D eigenvalue weighted by Crippen LogP contribution is 2.27. The van der Waals surface area contributed by atoms with Crippen molar-refractivity contribution in [3.8, 4) is 5.75 Å². The number of carbonyl (C=O) groups is 1. The van der Waals surface area contributed by atoms with Gasteiger partial charge in [-0.3, -0.25) is 9.78 Å². The molecule has 6 nitrogen and oxygen atoms in total. The maximum atomic E-state index is 12.7. The molecule has 0 aliphatic carbocycles. The Morgan fingerprint density at radius 2 is 2.07 bits per heavy atom. The minimum atomic E-state index is -0.320. The van der Waals surface area contributed by atoms with Gasteiger partial charge in [0.15, 0.2) is 5.16 Å². The first-order valence-electron chi connectivity index (χ1n) is 8.49. The van der Waals surface area contributed by atoms with Gasteiger partial charge in [-0.2, -0.15) is 0 Å². The van der Waals surface area contributed by atoms with Gasteiger partial charge in [-0.1, -0.05) is 17.8 Å². The summed E-state index contributed by atoms with van der Waals surface area (Å²) in [5, 5.41) is 4.29. The molecule has 0 spiro atoms. The quantitative estimate of drug-likeness (QED) is 0.508. The van der Waals surface area contributed by atoms with Crippen LogP contribution in [0.3, 0.4) is 0 Å². The topological polar surface area (TPSA) is 79.9 Å². The molecule has 1 amide bonds. The number of methoxy groups -OCH3 is 1. The van der Waals surface area contributed by atoms with Crippen molar-refractivity contribution in [3.63, 3.8) is 0 Å². The number of anilines is 1. The van der Waals surface area contributed by atoms with Gasteiger partial charge in [0.25, 0.3) is 0 Å². The van der Waals surface area contributed by atoms with Crippen molar-refractivity contribution in [1.82, 2.24) is 15.0 Å². The molecule has 0 aliphatic rings. The van der Waals surface area contributed by atoms with Crippen molar-refractivity contribution < 1.29 is 9.53 Å². The molecule has 27 heavy (non-hydrogen) atoms. The Kier molecular flexibility index (Phi) is 4.68. The van der Waals surface area contributed by atoms with Crippen LogP contribution >= 0.6 is 11.8 Å². The highest BCUT2D eigenvalue weighted by atomic mass is 32.2. The van der Waals surface area contributed by atoms with Crippen molar-refractivity contribution in [2.24, 2.45) is 0 Å². The van der Waals surface area contributed by atoms with E-state index in [1.54, 1.807) is 13.3 Å². The number of hydrogen-bond acceptors (Lipinski definition) is 5. The van der Waals surface area contributed by atoms with Gasteiger partial charge in [-0.25, -0.2) is 4.98 Å². The maximum Gasteiger partial charge on any atom is 0.237 e. The number of amides is 1. The number of hydrogen-bond donors (Lipinski definition) is 2. The van der Waals surface area contributed by atoms with Crippen LogP contribution in [0.2, 0.25) is 0 Å². The summed E-state index contributed by atoms with van der Waals surface area (Å²) in [5.74, 6) is 0.674. The van der Waals surface area contributed by atoms with Gasteiger partial charge in [-0.05, 0) is 43.3 Å². The van der Waals surface area contributed by atoms with Crippen molar-refractivity contribution in [2.45, 2.75) is 17.3 Å². The highest BCUT2D eigenvalue weighted by Gasteiger charge is 2.18. The minimum absolute atomic E-state index is 0.0885. The van der Waals surface area contributed by atoms with Crippen LogP contribution in [0.25, 0.3) is 21.9 Å². The summed E-state index contributed by atoms with van der Waals surface area (Å²) < 4.78 is 5.23. The molecule has 4 rings (SSSR count). The number of ether oxygens (including phenoxy) is 1. The largest absolute Gasteiger partial charge is 0.497 e. The number of pyridine rings is 1. The second-order valence-electron chi connectivity index (χ2n) is 6.05. The molecule has 0 bridgehead atoms. The molecule has 0 saturated carbocycles. The molecule has 0 saturated heterocycles.